The van der Waals surface area contributed by atoms with Crippen LogP contribution in [0.3, 0.4) is 0 Å². The van der Waals surface area contributed by atoms with Crippen LogP contribution in [0, 0.1) is 0 Å². The fourth-order valence-corrected chi connectivity index (χ4v) is 1.61. The molecule has 5 heteroatoms. The predicted octanol–water partition coefficient (Wildman–Crippen LogP) is 1.78. The Morgan fingerprint density at radius 1 is 1.39 bits per heavy atom. The maximum atomic E-state index is 10.7. The second-order valence-corrected chi connectivity index (χ2v) is 3.67. The lowest BCUT2D eigenvalue weighted by Gasteiger charge is -2.08. The molecular formula is C13H12N2O3. The highest BCUT2D eigenvalue weighted by Crippen LogP contribution is 2.27. The van der Waals surface area contributed by atoms with Gasteiger partial charge in [0.15, 0.2) is 0 Å². The smallest absolute Gasteiger partial charge is 0.309 e. The summed E-state index contributed by atoms with van der Waals surface area (Å²) >= 11 is 0. The highest BCUT2D eigenvalue weighted by molar-refractivity contribution is 5.71. The van der Waals surface area contributed by atoms with E-state index >= 15 is 0 Å². The van der Waals surface area contributed by atoms with Gasteiger partial charge in [0.25, 0.3) is 0 Å². The molecule has 0 radical (unpaired) electrons. The zero-order valence-electron chi connectivity index (χ0n) is 9.83. The Morgan fingerprint density at radius 3 is 2.83 bits per heavy atom. The number of rotatable bonds is 4. The summed E-state index contributed by atoms with van der Waals surface area (Å²) in [6, 6.07) is 7.00. The number of carboxylic acid groups (broad SMARTS) is 1. The van der Waals surface area contributed by atoms with Crippen LogP contribution in [0.25, 0.3) is 11.3 Å². The second kappa shape index (κ2) is 5.27. The summed E-state index contributed by atoms with van der Waals surface area (Å²) in [6.07, 6.45) is 3.21. The van der Waals surface area contributed by atoms with Gasteiger partial charge in [-0.2, -0.15) is 0 Å². The monoisotopic (exact) mass is 244 g/mol. The van der Waals surface area contributed by atoms with Gasteiger partial charge in [0.05, 0.1) is 19.2 Å². The minimum Gasteiger partial charge on any atom is -0.494 e. The van der Waals surface area contributed by atoms with E-state index < -0.39 is 5.97 Å². The Morgan fingerprint density at radius 2 is 2.22 bits per heavy atom. The molecular weight excluding hydrogens is 232 g/mol. The van der Waals surface area contributed by atoms with Crippen molar-refractivity contribution in [3.8, 4) is 17.0 Å². The molecule has 0 fully saturated rings. The van der Waals surface area contributed by atoms with Gasteiger partial charge in [-0.25, -0.2) is 4.98 Å². The minimum absolute atomic E-state index is 0.114. The number of aliphatic carboxylic acids is 1. The Hall–Kier alpha value is -2.43. The third-order valence-corrected chi connectivity index (χ3v) is 2.40. The largest absolute Gasteiger partial charge is 0.494 e. The standard InChI is InChI=1S/C13H12N2O3/c1-18-11-5-4-10(7-12(16)17)15-13(11)9-3-2-6-14-8-9/h2-6,8H,7H2,1H3,(H,16,17). The minimum atomic E-state index is -0.912. The zero-order chi connectivity index (χ0) is 13.0. The number of ether oxygens (including phenoxy) is 1. The van der Waals surface area contributed by atoms with Gasteiger partial charge < -0.3 is 9.84 Å². The molecule has 18 heavy (non-hydrogen) atoms. The number of methoxy groups -OCH3 is 1. The number of carbonyl (C=O) groups is 1. The summed E-state index contributed by atoms with van der Waals surface area (Å²) in [4.78, 5) is 19.0. The van der Waals surface area contributed by atoms with E-state index in [1.165, 1.54) is 0 Å². The molecule has 2 heterocycles. The molecule has 5 nitrogen and oxygen atoms in total. The first-order valence-corrected chi connectivity index (χ1v) is 5.37. The molecule has 0 saturated carbocycles. The first-order valence-electron chi connectivity index (χ1n) is 5.37. The third-order valence-electron chi connectivity index (χ3n) is 2.40. The second-order valence-electron chi connectivity index (χ2n) is 3.67. The number of pyridine rings is 2. The number of nitrogens with zero attached hydrogens (tertiary/aromatic N) is 2. The summed E-state index contributed by atoms with van der Waals surface area (Å²) in [6.45, 7) is 0. The van der Waals surface area contributed by atoms with Crippen molar-refractivity contribution in [3.63, 3.8) is 0 Å². The first kappa shape index (κ1) is 12.0. The number of hydrogen-bond donors (Lipinski definition) is 1. The summed E-state index contributed by atoms with van der Waals surface area (Å²) in [7, 11) is 1.55. The van der Waals surface area contributed by atoms with E-state index in [-0.39, 0.29) is 6.42 Å². The summed E-state index contributed by atoms with van der Waals surface area (Å²) in [5.41, 5.74) is 1.88. The fraction of sp³-hybridized carbons (Fsp3) is 0.154. The topological polar surface area (TPSA) is 72.3 Å². The molecule has 0 bridgehead atoms. The third kappa shape index (κ3) is 2.63. The predicted molar refractivity (Wildman–Crippen MR) is 65.4 cm³/mol. The van der Waals surface area contributed by atoms with Gasteiger partial charge >= 0.3 is 5.97 Å². The van der Waals surface area contributed by atoms with Crippen LogP contribution < -0.4 is 4.74 Å². The quantitative estimate of drug-likeness (QED) is 0.887. The van der Waals surface area contributed by atoms with Crippen molar-refractivity contribution < 1.29 is 14.6 Å². The molecule has 0 aliphatic carbocycles. The zero-order valence-corrected chi connectivity index (χ0v) is 9.83. The fourth-order valence-electron chi connectivity index (χ4n) is 1.61. The summed E-state index contributed by atoms with van der Waals surface area (Å²) in [5, 5.41) is 8.77. The molecule has 0 aromatic carbocycles. The van der Waals surface area contributed by atoms with Gasteiger partial charge in [0, 0.05) is 18.0 Å². The van der Waals surface area contributed by atoms with Crippen molar-refractivity contribution in [3.05, 3.63) is 42.4 Å². The number of carboxylic acids is 1. The van der Waals surface area contributed by atoms with Crippen LogP contribution in [-0.4, -0.2) is 28.2 Å². The van der Waals surface area contributed by atoms with Crippen molar-refractivity contribution in [2.75, 3.05) is 7.11 Å². The van der Waals surface area contributed by atoms with Gasteiger partial charge in [-0.15, -0.1) is 0 Å². The van der Waals surface area contributed by atoms with Crippen LogP contribution in [0.2, 0.25) is 0 Å². The molecule has 2 rings (SSSR count). The molecule has 0 aliphatic rings. The van der Waals surface area contributed by atoms with E-state index in [1.807, 2.05) is 6.07 Å². The van der Waals surface area contributed by atoms with Gasteiger partial charge in [-0.05, 0) is 24.3 Å². The van der Waals surface area contributed by atoms with E-state index in [0.29, 0.717) is 17.1 Å². The molecule has 2 aromatic rings. The Balaban J connectivity index is 2.46. The van der Waals surface area contributed by atoms with Crippen LogP contribution in [0.1, 0.15) is 5.69 Å². The Labute approximate surface area is 104 Å². The normalized spacial score (nSPS) is 10.1. The molecule has 0 spiro atoms. The van der Waals surface area contributed by atoms with Crippen LogP contribution in [-0.2, 0) is 11.2 Å². The average Bonchev–Trinajstić information content (AvgIpc) is 2.39. The molecule has 0 amide bonds. The summed E-state index contributed by atoms with van der Waals surface area (Å²) < 4.78 is 5.22. The Bertz CT molecular complexity index is 555. The maximum Gasteiger partial charge on any atom is 0.309 e. The van der Waals surface area contributed by atoms with Crippen molar-refractivity contribution >= 4 is 5.97 Å². The molecule has 2 aromatic heterocycles. The SMILES string of the molecule is COc1ccc(CC(=O)O)nc1-c1cccnc1. The van der Waals surface area contributed by atoms with Crippen LogP contribution in [0.4, 0.5) is 0 Å². The van der Waals surface area contributed by atoms with E-state index in [2.05, 4.69) is 9.97 Å². The maximum absolute atomic E-state index is 10.7. The van der Waals surface area contributed by atoms with Gasteiger partial charge in [-0.1, -0.05) is 0 Å². The van der Waals surface area contributed by atoms with Gasteiger partial charge in [-0.3, -0.25) is 9.78 Å². The molecule has 0 unspecified atom stereocenters. The number of hydrogen-bond acceptors (Lipinski definition) is 4. The molecule has 1 N–H and O–H groups in total. The van der Waals surface area contributed by atoms with E-state index in [9.17, 15) is 4.79 Å². The van der Waals surface area contributed by atoms with E-state index in [0.717, 1.165) is 5.56 Å². The molecule has 0 aliphatic heterocycles. The first-order chi connectivity index (χ1) is 8.70. The van der Waals surface area contributed by atoms with Crippen LogP contribution in [0.5, 0.6) is 5.75 Å². The van der Waals surface area contributed by atoms with Crippen molar-refractivity contribution in [1.82, 2.24) is 9.97 Å². The van der Waals surface area contributed by atoms with E-state index in [1.54, 1.807) is 37.7 Å². The Kier molecular flexibility index (Phi) is 3.52. The van der Waals surface area contributed by atoms with Crippen molar-refractivity contribution in [1.29, 1.82) is 0 Å². The highest BCUT2D eigenvalue weighted by Gasteiger charge is 2.10. The lowest BCUT2D eigenvalue weighted by molar-refractivity contribution is -0.136. The van der Waals surface area contributed by atoms with Crippen molar-refractivity contribution in [2.24, 2.45) is 0 Å². The average molecular weight is 244 g/mol. The van der Waals surface area contributed by atoms with E-state index in [4.69, 9.17) is 9.84 Å². The molecule has 0 atom stereocenters. The van der Waals surface area contributed by atoms with Gasteiger partial charge in [0.2, 0.25) is 0 Å². The van der Waals surface area contributed by atoms with Crippen LogP contribution >= 0.6 is 0 Å². The lowest BCUT2D eigenvalue weighted by atomic mass is 10.1. The summed E-state index contributed by atoms with van der Waals surface area (Å²) in [5.74, 6) is -0.318. The highest BCUT2D eigenvalue weighted by atomic mass is 16.5. The number of aromatic nitrogens is 2. The van der Waals surface area contributed by atoms with Crippen LogP contribution in [0.15, 0.2) is 36.7 Å². The molecule has 92 valence electrons. The van der Waals surface area contributed by atoms with Gasteiger partial charge in [0.1, 0.15) is 11.4 Å². The van der Waals surface area contributed by atoms with Crippen molar-refractivity contribution in [2.45, 2.75) is 6.42 Å². The molecule has 0 saturated heterocycles. The lowest BCUT2D eigenvalue weighted by Crippen LogP contribution is -2.03.